The standard InChI is InChI=1S/C13H22N2O2/c1-12(2,3)8-9-7-10(16)15(11(17)14-9)13(4,5)6/h7H,8H2,1-6H3,(H,14,17). The second-order valence-corrected chi connectivity index (χ2v) is 6.68. The van der Waals surface area contributed by atoms with E-state index in [9.17, 15) is 9.59 Å². The van der Waals surface area contributed by atoms with Crippen molar-refractivity contribution in [1.29, 1.82) is 0 Å². The number of hydrogen-bond donors (Lipinski definition) is 1. The molecule has 1 N–H and O–H groups in total. The first-order valence-electron chi connectivity index (χ1n) is 5.86. The molecule has 17 heavy (non-hydrogen) atoms. The van der Waals surface area contributed by atoms with E-state index in [-0.39, 0.29) is 16.7 Å². The molecule has 1 heterocycles. The molecule has 0 saturated heterocycles. The number of aromatic nitrogens is 2. The molecule has 1 aromatic heterocycles. The minimum absolute atomic E-state index is 0.0449. The van der Waals surface area contributed by atoms with Crippen molar-refractivity contribution in [3.8, 4) is 0 Å². The Morgan fingerprint density at radius 2 is 1.65 bits per heavy atom. The molecule has 1 aromatic rings. The molecule has 1 rings (SSSR count). The highest BCUT2D eigenvalue weighted by atomic mass is 16.2. The first-order valence-corrected chi connectivity index (χ1v) is 5.86. The molecule has 0 aliphatic heterocycles. The molecule has 0 spiro atoms. The van der Waals surface area contributed by atoms with Crippen LogP contribution in [0.5, 0.6) is 0 Å². The quantitative estimate of drug-likeness (QED) is 0.812. The number of H-pyrrole nitrogens is 1. The van der Waals surface area contributed by atoms with Crippen LogP contribution in [0, 0.1) is 5.41 Å². The second-order valence-electron chi connectivity index (χ2n) is 6.68. The lowest BCUT2D eigenvalue weighted by Gasteiger charge is -2.22. The van der Waals surface area contributed by atoms with E-state index in [0.29, 0.717) is 12.1 Å². The third-order valence-electron chi connectivity index (χ3n) is 2.38. The largest absolute Gasteiger partial charge is 0.329 e. The summed E-state index contributed by atoms with van der Waals surface area (Å²) < 4.78 is 1.25. The molecule has 4 nitrogen and oxygen atoms in total. The van der Waals surface area contributed by atoms with E-state index in [2.05, 4.69) is 25.8 Å². The van der Waals surface area contributed by atoms with Crippen molar-refractivity contribution in [1.82, 2.24) is 9.55 Å². The molecular weight excluding hydrogens is 216 g/mol. The van der Waals surface area contributed by atoms with Crippen LogP contribution in [0.2, 0.25) is 0 Å². The first kappa shape index (κ1) is 13.7. The van der Waals surface area contributed by atoms with Crippen LogP contribution in [0.25, 0.3) is 0 Å². The van der Waals surface area contributed by atoms with Crippen molar-refractivity contribution in [2.45, 2.75) is 53.5 Å². The summed E-state index contributed by atoms with van der Waals surface area (Å²) in [5, 5.41) is 0. The van der Waals surface area contributed by atoms with E-state index in [1.165, 1.54) is 10.6 Å². The predicted octanol–water partition coefficient (Wildman–Crippen LogP) is 1.88. The molecule has 0 aromatic carbocycles. The van der Waals surface area contributed by atoms with E-state index in [1.54, 1.807) is 0 Å². The fraction of sp³-hybridized carbons (Fsp3) is 0.692. The van der Waals surface area contributed by atoms with E-state index >= 15 is 0 Å². The smallest absolute Gasteiger partial charge is 0.311 e. The lowest BCUT2D eigenvalue weighted by Crippen LogP contribution is -2.45. The number of aromatic amines is 1. The fourth-order valence-corrected chi connectivity index (χ4v) is 1.84. The van der Waals surface area contributed by atoms with Crippen molar-refractivity contribution in [2.24, 2.45) is 5.41 Å². The molecule has 96 valence electrons. The third-order valence-corrected chi connectivity index (χ3v) is 2.38. The normalized spacial score (nSPS) is 12.8. The van der Waals surface area contributed by atoms with Gasteiger partial charge in [-0.3, -0.25) is 9.36 Å². The number of hydrogen-bond acceptors (Lipinski definition) is 2. The lowest BCUT2D eigenvalue weighted by molar-refractivity contribution is 0.360. The van der Waals surface area contributed by atoms with Crippen LogP contribution < -0.4 is 11.2 Å². The van der Waals surface area contributed by atoms with Gasteiger partial charge in [-0.2, -0.15) is 0 Å². The number of nitrogens with one attached hydrogen (secondary N) is 1. The van der Waals surface area contributed by atoms with Crippen LogP contribution in [0.1, 0.15) is 47.2 Å². The SMILES string of the molecule is CC(C)(C)Cc1cc(=O)n(C(C)(C)C)c(=O)[nH]1. The predicted molar refractivity (Wildman–Crippen MR) is 69.5 cm³/mol. The van der Waals surface area contributed by atoms with Crippen molar-refractivity contribution < 1.29 is 0 Å². The van der Waals surface area contributed by atoms with E-state index in [0.717, 1.165) is 0 Å². The van der Waals surface area contributed by atoms with Crippen LogP contribution in [-0.2, 0) is 12.0 Å². The van der Waals surface area contributed by atoms with Gasteiger partial charge < -0.3 is 4.98 Å². The Morgan fingerprint density at radius 3 is 2.00 bits per heavy atom. The second kappa shape index (κ2) is 4.17. The first-order chi connectivity index (χ1) is 7.50. The van der Waals surface area contributed by atoms with Crippen LogP contribution in [0.15, 0.2) is 15.7 Å². The van der Waals surface area contributed by atoms with E-state index in [4.69, 9.17) is 0 Å². The topological polar surface area (TPSA) is 54.9 Å². The monoisotopic (exact) mass is 238 g/mol. The molecule has 0 amide bonds. The summed E-state index contributed by atoms with van der Waals surface area (Å²) in [6.07, 6.45) is 0.683. The van der Waals surface area contributed by atoms with Crippen LogP contribution in [0.4, 0.5) is 0 Å². The van der Waals surface area contributed by atoms with Gasteiger partial charge in [0.25, 0.3) is 5.56 Å². The summed E-state index contributed by atoms with van der Waals surface area (Å²) in [5.41, 5.74) is -0.313. The van der Waals surface area contributed by atoms with Gasteiger partial charge in [-0.15, -0.1) is 0 Å². The molecule has 0 unspecified atom stereocenters. The van der Waals surface area contributed by atoms with E-state index < -0.39 is 5.54 Å². The Hall–Kier alpha value is -1.32. The van der Waals surface area contributed by atoms with Gasteiger partial charge in [0.05, 0.1) is 0 Å². The van der Waals surface area contributed by atoms with Gasteiger partial charge in [0.15, 0.2) is 0 Å². The van der Waals surface area contributed by atoms with Crippen LogP contribution in [-0.4, -0.2) is 9.55 Å². The molecule has 0 aliphatic rings. The van der Waals surface area contributed by atoms with Crippen molar-refractivity contribution in [2.75, 3.05) is 0 Å². The number of nitrogens with zero attached hydrogens (tertiary/aromatic N) is 1. The molecule has 0 aliphatic carbocycles. The minimum atomic E-state index is -0.495. The third kappa shape index (κ3) is 3.58. The van der Waals surface area contributed by atoms with Gasteiger partial charge >= 0.3 is 5.69 Å². The summed E-state index contributed by atoms with van der Waals surface area (Å²) in [6, 6.07) is 1.53. The highest BCUT2D eigenvalue weighted by Crippen LogP contribution is 2.18. The Kier molecular flexibility index (Phi) is 3.37. The van der Waals surface area contributed by atoms with E-state index in [1.807, 2.05) is 20.8 Å². The molecule has 4 heteroatoms. The summed E-state index contributed by atoms with van der Waals surface area (Å²) >= 11 is 0. The average Bonchev–Trinajstić information content (AvgIpc) is 1.94. The molecule has 0 bridgehead atoms. The zero-order valence-corrected chi connectivity index (χ0v) is 11.5. The van der Waals surface area contributed by atoms with Gasteiger partial charge in [-0.1, -0.05) is 20.8 Å². The average molecular weight is 238 g/mol. The number of rotatable bonds is 1. The zero-order chi connectivity index (χ0) is 13.4. The van der Waals surface area contributed by atoms with Gasteiger partial charge in [0.2, 0.25) is 0 Å². The maximum absolute atomic E-state index is 11.9. The Labute approximate surface area is 102 Å². The van der Waals surface area contributed by atoms with Crippen molar-refractivity contribution >= 4 is 0 Å². The van der Waals surface area contributed by atoms with Crippen LogP contribution in [0.3, 0.4) is 0 Å². The summed E-state index contributed by atoms with van der Waals surface area (Å²) in [6.45, 7) is 11.7. The van der Waals surface area contributed by atoms with Gasteiger partial charge in [0, 0.05) is 17.3 Å². The van der Waals surface area contributed by atoms with Gasteiger partial charge in [-0.25, -0.2) is 4.79 Å². The van der Waals surface area contributed by atoms with Crippen molar-refractivity contribution in [3.05, 3.63) is 32.6 Å². The van der Waals surface area contributed by atoms with Gasteiger partial charge in [0.1, 0.15) is 0 Å². The van der Waals surface area contributed by atoms with Crippen LogP contribution >= 0.6 is 0 Å². The maximum Gasteiger partial charge on any atom is 0.329 e. The summed E-state index contributed by atoms with van der Waals surface area (Å²) in [7, 11) is 0. The van der Waals surface area contributed by atoms with Gasteiger partial charge in [-0.05, 0) is 32.6 Å². The molecular formula is C13H22N2O2. The Balaban J connectivity index is 3.30. The molecule has 0 radical (unpaired) electrons. The highest BCUT2D eigenvalue weighted by molar-refractivity contribution is 5.03. The minimum Gasteiger partial charge on any atom is -0.311 e. The molecule has 0 saturated carbocycles. The fourth-order valence-electron chi connectivity index (χ4n) is 1.84. The highest BCUT2D eigenvalue weighted by Gasteiger charge is 2.19. The summed E-state index contributed by atoms with van der Waals surface area (Å²) in [4.78, 5) is 26.6. The summed E-state index contributed by atoms with van der Waals surface area (Å²) in [5.74, 6) is 0. The molecule has 0 atom stereocenters. The Bertz CT molecular complexity index is 479. The molecule has 0 fully saturated rings. The lowest BCUT2D eigenvalue weighted by atomic mass is 9.90. The Morgan fingerprint density at radius 1 is 1.12 bits per heavy atom. The zero-order valence-electron chi connectivity index (χ0n) is 11.5. The van der Waals surface area contributed by atoms with Crippen molar-refractivity contribution in [3.63, 3.8) is 0 Å². The maximum atomic E-state index is 11.9.